The molecule has 0 amide bonds. The van der Waals surface area contributed by atoms with Gasteiger partial charge in [0.2, 0.25) is 0 Å². The van der Waals surface area contributed by atoms with Gasteiger partial charge in [-0.05, 0) is 6.54 Å². The third kappa shape index (κ3) is 20.2. The summed E-state index contributed by atoms with van der Waals surface area (Å²) in [5.74, 6) is 0. The van der Waals surface area contributed by atoms with Crippen LogP contribution in [-0.2, 0) is 32.7 Å². The standard InChI is InChI=1S/C8H16N.2C2H6.C2H4.Y/c1-2-9-8-6-4-3-5-7-8;3*1-2;/h6,8-9H,2-5,7H2,1H3;2*1-2H3;1-2H2;/q-1;;;;. The first-order chi connectivity index (χ1) is 7.43. The summed E-state index contributed by atoms with van der Waals surface area (Å²) in [6.07, 6.45) is 7.90. The van der Waals surface area contributed by atoms with E-state index in [-0.39, 0.29) is 32.7 Å². The molecule has 1 aliphatic rings. The first-order valence-electron chi connectivity index (χ1n) is 6.50. The zero-order valence-electron chi connectivity index (χ0n) is 12.2. The van der Waals surface area contributed by atoms with Crippen LogP contribution in [0.5, 0.6) is 0 Å². The van der Waals surface area contributed by atoms with Gasteiger partial charge in [0.25, 0.3) is 0 Å². The Morgan fingerprint density at radius 1 is 1.12 bits per heavy atom. The Morgan fingerprint density at radius 3 is 1.94 bits per heavy atom. The maximum atomic E-state index is 3.43. The van der Waals surface area contributed by atoms with Gasteiger partial charge < -0.3 is 11.7 Å². The molecular weight excluding hydrogens is 271 g/mol. The molecule has 1 saturated carbocycles. The van der Waals surface area contributed by atoms with Crippen molar-refractivity contribution in [2.75, 3.05) is 6.54 Å². The number of hydrogen-bond donors (Lipinski definition) is 1. The van der Waals surface area contributed by atoms with E-state index in [2.05, 4.69) is 31.8 Å². The molecule has 1 N–H and O–H groups in total. The summed E-state index contributed by atoms with van der Waals surface area (Å²) in [5, 5.41) is 3.43. The number of nitrogens with one attached hydrogen (secondary N) is 1. The molecular formula is C14H32NY-. The summed E-state index contributed by atoms with van der Waals surface area (Å²) in [6, 6.07) is 0.726. The van der Waals surface area contributed by atoms with Crippen molar-refractivity contribution in [3.63, 3.8) is 0 Å². The van der Waals surface area contributed by atoms with Crippen LogP contribution in [-0.4, -0.2) is 12.6 Å². The molecule has 0 spiro atoms. The molecule has 1 aliphatic carbocycles. The van der Waals surface area contributed by atoms with Gasteiger partial charge in [-0.2, -0.15) is 6.42 Å². The van der Waals surface area contributed by atoms with Crippen LogP contribution in [0.1, 0.15) is 60.3 Å². The summed E-state index contributed by atoms with van der Waals surface area (Å²) in [7, 11) is 0. The molecule has 1 fully saturated rings. The second-order valence-corrected chi connectivity index (χ2v) is 2.68. The summed E-state index contributed by atoms with van der Waals surface area (Å²) >= 11 is 0. The Balaban J connectivity index is -0.0000000900. The largest absolute Gasteiger partial charge is 0.343 e. The maximum absolute atomic E-state index is 3.43. The fourth-order valence-electron chi connectivity index (χ4n) is 1.39. The van der Waals surface area contributed by atoms with E-state index in [0.29, 0.717) is 0 Å². The zero-order chi connectivity index (χ0) is 12.5. The van der Waals surface area contributed by atoms with E-state index in [1.54, 1.807) is 0 Å². The average Bonchev–Trinajstić information content (AvgIpc) is 2.38. The molecule has 0 bridgehead atoms. The minimum Gasteiger partial charge on any atom is -0.343 e. The average molecular weight is 303 g/mol. The van der Waals surface area contributed by atoms with Gasteiger partial charge in [-0.25, -0.2) is 0 Å². The zero-order valence-corrected chi connectivity index (χ0v) is 15.0. The second kappa shape index (κ2) is 29.7. The third-order valence-electron chi connectivity index (χ3n) is 1.89. The van der Waals surface area contributed by atoms with Crippen LogP contribution in [0.25, 0.3) is 0 Å². The van der Waals surface area contributed by atoms with Gasteiger partial charge in [0.05, 0.1) is 0 Å². The van der Waals surface area contributed by atoms with Crippen molar-refractivity contribution in [2.45, 2.75) is 66.3 Å². The molecule has 1 radical (unpaired) electrons. The molecule has 1 rings (SSSR count). The van der Waals surface area contributed by atoms with Crippen LogP contribution in [0.3, 0.4) is 0 Å². The van der Waals surface area contributed by atoms with Crippen LogP contribution in [0, 0.1) is 6.42 Å². The molecule has 2 heteroatoms. The van der Waals surface area contributed by atoms with E-state index in [9.17, 15) is 0 Å². The molecule has 0 aromatic rings. The predicted molar refractivity (Wildman–Crippen MR) is 74.2 cm³/mol. The first-order valence-corrected chi connectivity index (χ1v) is 6.50. The normalized spacial score (nSPS) is 16.9. The van der Waals surface area contributed by atoms with E-state index in [1.165, 1.54) is 25.7 Å². The molecule has 0 saturated heterocycles. The summed E-state index contributed by atoms with van der Waals surface area (Å²) in [6.45, 7) is 17.3. The molecule has 0 heterocycles. The van der Waals surface area contributed by atoms with Crippen molar-refractivity contribution in [3.8, 4) is 0 Å². The minimum absolute atomic E-state index is 0. The Morgan fingerprint density at radius 2 is 1.62 bits per heavy atom. The molecule has 16 heavy (non-hydrogen) atoms. The van der Waals surface area contributed by atoms with Crippen molar-refractivity contribution in [2.24, 2.45) is 0 Å². The summed E-state index contributed by atoms with van der Waals surface area (Å²) < 4.78 is 0. The number of rotatable bonds is 2. The van der Waals surface area contributed by atoms with E-state index in [0.717, 1.165) is 12.6 Å². The molecule has 0 aromatic heterocycles. The predicted octanol–water partition coefficient (Wildman–Crippen LogP) is 4.59. The van der Waals surface area contributed by atoms with Crippen molar-refractivity contribution >= 4 is 0 Å². The maximum Gasteiger partial charge on any atom is 0 e. The SMILES string of the molecule is C=C.CC.CC.CCNC1[CH-]CCCC1.[Y]. The Kier molecular flexibility index (Phi) is 47.5. The van der Waals surface area contributed by atoms with E-state index in [1.807, 2.05) is 27.7 Å². The molecule has 1 unspecified atom stereocenters. The van der Waals surface area contributed by atoms with E-state index < -0.39 is 0 Å². The van der Waals surface area contributed by atoms with Gasteiger partial charge in [0.15, 0.2) is 0 Å². The van der Waals surface area contributed by atoms with Gasteiger partial charge in [0.1, 0.15) is 0 Å². The van der Waals surface area contributed by atoms with Crippen LogP contribution in [0.4, 0.5) is 0 Å². The quantitative estimate of drug-likeness (QED) is 0.581. The fourth-order valence-corrected chi connectivity index (χ4v) is 1.39. The molecule has 0 aliphatic heterocycles. The third-order valence-corrected chi connectivity index (χ3v) is 1.89. The van der Waals surface area contributed by atoms with Crippen molar-refractivity contribution < 1.29 is 32.7 Å². The first kappa shape index (κ1) is 25.6. The van der Waals surface area contributed by atoms with Crippen molar-refractivity contribution in [1.29, 1.82) is 0 Å². The van der Waals surface area contributed by atoms with Gasteiger partial charge in [-0.15, -0.1) is 19.2 Å². The van der Waals surface area contributed by atoms with Gasteiger partial charge in [-0.3, -0.25) is 0 Å². The van der Waals surface area contributed by atoms with Gasteiger partial charge >= 0.3 is 0 Å². The van der Waals surface area contributed by atoms with E-state index in [4.69, 9.17) is 0 Å². The Bertz CT molecular complexity index is 78.0. The van der Waals surface area contributed by atoms with E-state index >= 15 is 0 Å². The summed E-state index contributed by atoms with van der Waals surface area (Å²) in [4.78, 5) is 0. The second-order valence-electron chi connectivity index (χ2n) is 2.68. The monoisotopic (exact) mass is 303 g/mol. The van der Waals surface area contributed by atoms with Crippen LogP contribution < -0.4 is 5.32 Å². The minimum atomic E-state index is 0. The van der Waals surface area contributed by atoms with Gasteiger partial charge in [-0.1, -0.05) is 53.9 Å². The number of hydrogen-bond acceptors (Lipinski definition) is 1. The topological polar surface area (TPSA) is 12.0 Å². The van der Waals surface area contributed by atoms with Crippen molar-refractivity contribution in [3.05, 3.63) is 19.6 Å². The fraction of sp³-hybridized carbons (Fsp3) is 0.786. The van der Waals surface area contributed by atoms with Crippen LogP contribution >= 0.6 is 0 Å². The molecule has 97 valence electrons. The van der Waals surface area contributed by atoms with Crippen molar-refractivity contribution in [1.82, 2.24) is 5.32 Å². The van der Waals surface area contributed by atoms with Gasteiger partial charge in [0, 0.05) is 32.7 Å². The Labute approximate surface area is 130 Å². The summed E-state index contributed by atoms with van der Waals surface area (Å²) in [5.41, 5.74) is 0. The Hall–Kier alpha value is 0.804. The van der Waals surface area contributed by atoms with Crippen LogP contribution in [0.2, 0.25) is 0 Å². The smallest absolute Gasteiger partial charge is 0 e. The molecule has 1 atom stereocenters. The van der Waals surface area contributed by atoms with Crippen LogP contribution in [0.15, 0.2) is 13.2 Å². The molecule has 0 aromatic carbocycles. The molecule has 1 nitrogen and oxygen atoms in total.